The van der Waals surface area contributed by atoms with Crippen LogP contribution in [0.3, 0.4) is 0 Å². The van der Waals surface area contributed by atoms with Crippen LogP contribution in [0.15, 0.2) is 39.4 Å². The van der Waals surface area contributed by atoms with Crippen LogP contribution in [0.5, 0.6) is 0 Å². The van der Waals surface area contributed by atoms with Crippen LogP contribution < -0.4 is 5.32 Å². The Morgan fingerprint density at radius 2 is 2.20 bits per heavy atom. The van der Waals surface area contributed by atoms with Gasteiger partial charge in [0.15, 0.2) is 0 Å². The largest absolute Gasteiger partial charge is 0.478 e. The van der Waals surface area contributed by atoms with E-state index in [2.05, 4.69) is 21.2 Å². The lowest BCUT2D eigenvalue weighted by Gasteiger charge is -2.04. The monoisotopic (exact) mass is 340 g/mol. The average Bonchev–Trinajstić information content (AvgIpc) is 2.86. The first-order chi connectivity index (χ1) is 9.47. The molecule has 0 spiro atoms. The van der Waals surface area contributed by atoms with Crippen LogP contribution in [0.4, 0.5) is 11.4 Å². The molecule has 8 heteroatoms. The number of nitro groups is 1. The SMILES string of the molecule is O=C(O)c1coc(CNc2ccc(Br)c([N+](=O)[O-])c2)c1. The van der Waals surface area contributed by atoms with E-state index in [4.69, 9.17) is 9.52 Å². The third-order valence-corrected chi connectivity index (χ3v) is 3.18. The maximum atomic E-state index is 10.8. The van der Waals surface area contributed by atoms with Gasteiger partial charge >= 0.3 is 5.97 Å². The van der Waals surface area contributed by atoms with Crippen LogP contribution in [0.25, 0.3) is 0 Å². The van der Waals surface area contributed by atoms with Crippen molar-refractivity contribution in [2.45, 2.75) is 6.54 Å². The molecule has 0 saturated heterocycles. The lowest BCUT2D eigenvalue weighted by molar-refractivity contribution is -0.385. The molecule has 0 amide bonds. The Morgan fingerprint density at radius 3 is 2.80 bits per heavy atom. The van der Waals surface area contributed by atoms with Gasteiger partial charge in [0, 0.05) is 11.8 Å². The summed E-state index contributed by atoms with van der Waals surface area (Å²) in [6.07, 6.45) is 1.14. The number of benzene rings is 1. The van der Waals surface area contributed by atoms with Crippen molar-refractivity contribution in [3.05, 3.63) is 56.4 Å². The van der Waals surface area contributed by atoms with Gasteiger partial charge in [-0.2, -0.15) is 0 Å². The summed E-state index contributed by atoms with van der Waals surface area (Å²) < 4.78 is 5.45. The molecule has 1 heterocycles. The van der Waals surface area contributed by atoms with Crippen LogP contribution in [0.2, 0.25) is 0 Å². The van der Waals surface area contributed by atoms with E-state index in [0.29, 0.717) is 15.9 Å². The standard InChI is InChI=1S/C12H9BrN2O5/c13-10-2-1-8(4-11(10)15(18)19)14-5-9-3-7(6-20-9)12(16)17/h1-4,6,14H,5H2,(H,16,17). The van der Waals surface area contributed by atoms with Gasteiger partial charge in [0.2, 0.25) is 0 Å². The highest BCUT2D eigenvalue weighted by Gasteiger charge is 2.13. The highest BCUT2D eigenvalue weighted by molar-refractivity contribution is 9.10. The number of carbonyl (C=O) groups is 1. The summed E-state index contributed by atoms with van der Waals surface area (Å²) in [6.45, 7) is 0.228. The Hall–Kier alpha value is -2.35. The minimum atomic E-state index is -1.07. The van der Waals surface area contributed by atoms with Gasteiger partial charge in [0.05, 0.1) is 21.5 Å². The Bertz CT molecular complexity index is 668. The highest BCUT2D eigenvalue weighted by Crippen LogP contribution is 2.28. The zero-order valence-electron chi connectivity index (χ0n) is 10.00. The Morgan fingerprint density at radius 1 is 1.45 bits per heavy atom. The van der Waals surface area contributed by atoms with Gasteiger partial charge in [0.25, 0.3) is 5.69 Å². The molecule has 0 atom stereocenters. The zero-order chi connectivity index (χ0) is 14.7. The number of furan rings is 1. The number of hydrogen-bond donors (Lipinski definition) is 2. The molecule has 0 saturated carbocycles. The number of anilines is 1. The maximum absolute atomic E-state index is 10.8. The van der Waals surface area contributed by atoms with Gasteiger partial charge in [-0.1, -0.05) is 0 Å². The number of aromatic carboxylic acids is 1. The second-order valence-electron chi connectivity index (χ2n) is 3.88. The smallest absolute Gasteiger partial charge is 0.338 e. The van der Waals surface area contributed by atoms with Crippen LogP contribution in [-0.4, -0.2) is 16.0 Å². The molecule has 0 aliphatic heterocycles. The molecule has 0 aliphatic rings. The van der Waals surface area contributed by atoms with E-state index < -0.39 is 10.9 Å². The van der Waals surface area contributed by atoms with Gasteiger partial charge in [0.1, 0.15) is 12.0 Å². The summed E-state index contributed by atoms with van der Waals surface area (Å²) in [6, 6.07) is 6.00. The summed E-state index contributed by atoms with van der Waals surface area (Å²) in [4.78, 5) is 21.0. The second-order valence-corrected chi connectivity index (χ2v) is 4.74. The van der Waals surface area contributed by atoms with Crippen molar-refractivity contribution < 1.29 is 19.2 Å². The minimum Gasteiger partial charge on any atom is -0.478 e. The number of halogens is 1. The van der Waals surface area contributed by atoms with E-state index in [1.54, 1.807) is 12.1 Å². The van der Waals surface area contributed by atoms with E-state index in [-0.39, 0.29) is 17.8 Å². The molecule has 20 heavy (non-hydrogen) atoms. The molecule has 0 aliphatic carbocycles. The quantitative estimate of drug-likeness (QED) is 0.639. The molecule has 0 radical (unpaired) electrons. The van der Waals surface area contributed by atoms with E-state index in [0.717, 1.165) is 6.26 Å². The summed E-state index contributed by atoms with van der Waals surface area (Å²) in [5.74, 6) is -0.646. The Kier molecular flexibility index (Phi) is 4.04. The summed E-state index contributed by atoms with van der Waals surface area (Å²) >= 11 is 3.09. The number of nitrogens with one attached hydrogen (secondary N) is 1. The predicted molar refractivity (Wildman–Crippen MR) is 73.8 cm³/mol. The summed E-state index contributed by atoms with van der Waals surface area (Å²) in [7, 11) is 0. The number of hydrogen-bond acceptors (Lipinski definition) is 5. The number of carboxylic acid groups (broad SMARTS) is 1. The number of rotatable bonds is 5. The fourth-order valence-corrected chi connectivity index (χ4v) is 1.93. The zero-order valence-corrected chi connectivity index (χ0v) is 11.6. The van der Waals surface area contributed by atoms with Gasteiger partial charge in [-0.25, -0.2) is 4.79 Å². The lowest BCUT2D eigenvalue weighted by atomic mass is 10.2. The van der Waals surface area contributed by atoms with Crippen molar-refractivity contribution in [3.8, 4) is 0 Å². The van der Waals surface area contributed by atoms with Gasteiger partial charge in [-0.3, -0.25) is 10.1 Å². The molecule has 2 N–H and O–H groups in total. The van der Waals surface area contributed by atoms with Gasteiger partial charge in [-0.05, 0) is 34.1 Å². The fraction of sp³-hybridized carbons (Fsp3) is 0.0833. The van der Waals surface area contributed by atoms with Crippen molar-refractivity contribution >= 4 is 33.3 Å². The first-order valence-electron chi connectivity index (χ1n) is 5.46. The topological polar surface area (TPSA) is 106 Å². The average molecular weight is 341 g/mol. The van der Waals surface area contributed by atoms with Crippen LogP contribution in [0.1, 0.15) is 16.1 Å². The van der Waals surface area contributed by atoms with E-state index in [9.17, 15) is 14.9 Å². The molecule has 104 valence electrons. The molecule has 0 unspecified atom stereocenters. The van der Waals surface area contributed by atoms with Crippen LogP contribution in [-0.2, 0) is 6.54 Å². The Balaban J connectivity index is 2.08. The normalized spacial score (nSPS) is 10.2. The molecule has 1 aromatic heterocycles. The highest BCUT2D eigenvalue weighted by atomic mass is 79.9. The summed E-state index contributed by atoms with van der Waals surface area (Å²) in [5, 5.41) is 22.5. The third kappa shape index (κ3) is 3.15. The Labute approximate surface area is 121 Å². The summed E-state index contributed by atoms with van der Waals surface area (Å²) in [5.41, 5.74) is 0.539. The van der Waals surface area contributed by atoms with Crippen LogP contribution >= 0.6 is 15.9 Å². The first-order valence-corrected chi connectivity index (χ1v) is 6.25. The van der Waals surface area contributed by atoms with Crippen molar-refractivity contribution in [1.82, 2.24) is 0 Å². The molecule has 0 fully saturated rings. The molecule has 2 aromatic rings. The van der Waals surface area contributed by atoms with Crippen molar-refractivity contribution in [2.24, 2.45) is 0 Å². The van der Waals surface area contributed by atoms with E-state index in [1.807, 2.05) is 0 Å². The van der Waals surface area contributed by atoms with Crippen molar-refractivity contribution in [2.75, 3.05) is 5.32 Å². The van der Waals surface area contributed by atoms with Crippen LogP contribution in [0, 0.1) is 10.1 Å². The molecular formula is C12H9BrN2O5. The molecular weight excluding hydrogens is 332 g/mol. The molecule has 1 aromatic carbocycles. The molecule has 2 rings (SSSR count). The maximum Gasteiger partial charge on any atom is 0.338 e. The van der Waals surface area contributed by atoms with Gasteiger partial charge < -0.3 is 14.8 Å². The van der Waals surface area contributed by atoms with E-state index in [1.165, 1.54) is 12.1 Å². The molecule has 7 nitrogen and oxygen atoms in total. The second kappa shape index (κ2) is 5.74. The first kappa shape index (κ1) is 14.1. The lowest BCUT2D eigenvalue weighted by Crippen LogP contribution is -1.99. The minimum absolute atomic E-state index is 0.0549. The van der Waals surface area contributed by atoms with Gasteiger partial charge in [-0.15, -0.1) is 0 Å². The van der Waals surface area contributed by atoms with Crippen molar-refractivity contribution in [1.29, 1.82) is 0 Å². The fourth-order valence-electron chi connectivity index (χ4n) is 1.54. The van der Waals surface area contributed by atoms with E-state index >= 15 is 0 Å². The third-order valence-electron chi connectivity index (χ3n) is 2.51. The number of carboxylic acids is 1. The predicted octanol–water partition coefficient (Wildman–Crippen LogP) is 3.26. The molecule has 0 bridgehead atoms. The number of nitro benzene ring substituents is 1. The van der Waals surface area contributed by atoms with Crippen molar-refractivity contribution in [3.63, 3.8) is 0 Å². The number of nitrogens with zero attached hydrogens (tertiary/aromatic N) is 1.